The van der Waals surface area contributed by atoms with Crippen molar-refractivity contribution in [1.29, 1.82) is 0 Å². The number of carboxylic acids is 2. The molecular weight excluding hydrogens is 280 g/mol. The molecule has 0 unspecified atom stereocenters. The van der Waals surface area contributed by atoms with E-state index in [1.54, 1.807) is 0 Å². The Labute approximate surface area is 120 Å². The van der Waals surface area contributed by atoms with Crippen LogP contribution in [0.25, 0.3) is 0 Å². The van der Waals surface area contributed by atoms with Crippen molar-refractivity contribution >= 4 is 17.6 Å². The second kappa shape index (κ2) is 6.80. The fourth-order valence-electron chi connectivity index (χ4n) is 2.00. The molecule has 21 heavy (non-hydrogen) atoms. The molecule has 0 bridgehead atoms. The Morgan fingerprint density at radius 3 is 2.29 bits per heavy atom. The van der Waals surface area contributed by atoms with E-state index in [0.717, 1.165) is 37.7 Å². The third-order valence-corrected chi connectivity index (χ3v) is 3.02. The van der Waals surface area contributed by atoms with Gasteiger partial charge >= 0.3 is 11.9 Å². The Hall–Kier alpha value is -2.48. The fraction of sp³-hybridized carbons (Fsp3) is 0.385. The van der Waals surface area contributed by atoms with Gasteiger partial charge in [-0.25, -0.2) is 9.59 Å². The van der Waals surface area contributed by atoms with Gasteiger partial charge in [-0.1, -0.05) is 0 Å². The van der Waals surface area contributed by atoms with Gasteiger partial charge in [0.05, 0.1) is 0 Å². The van der Waals surface area contributed by atoms with Gasteiger partial charge in [0.2, 0.25) is 6.79 Å². The van der Waals surface area contributed by atoms with Crippen molar-refractivity contribution in [2.45, 2.75) is 0 Å². The molecule has 2 heterocycles. The maximum absolute atomic E-state index is 9.10. The van der Waals surface area contributed by atoms with Crippen LogP contribution >= 0.6 is 0 Å². The number of rotatable bonds is 1. The zero-order valence-electron chi connectivity index (χ0n) is 11.2. The number of piperazine rings is 1. The number of fused-ring (bicyclic) bond motifs is 1. The molecular formula is C13H16N2O6. The Morgan fingerprint density at radius 1 is 1.05 bits per heavy atom. The van der Waals surface area contributed by atoms with Gasteiger partial charge in [0, 0.05) is 37.9 Å². The number of carboxylic acid groups (broad SMARTS) is 2. The van der Waals surface area contributed by atoms with Gasteiger partial charge in [0.15, 0.2) is 11.5 Å². The van der Waals surface area contributed by atoms with Crippen LogP contribution in [0.1, 0.15) is 0 Å². The van der Waals surface area contributed by atoms with Gasteiger partial charge in [-0.3, -0.25) is 0 Å². The van der Waals surface area contributed by atoms with Crippen molar-refractivity contribution < 1.29 is 29.3 Å². The molecule has 8 heteroatoms. The molecule has 1 aromatic carbocycles. The zero-order chi connectivity index (χ0) is 15.2. The first kappa shape index (κ1) is 14.9. The van der Waals surface area contributed by atoms with Gasteiger partial charge < -0.3 is 29.9 Å². The standard InChI is InChI=1S/C11H14N2O2.C2H2O4/c1-2-10-11(15-8-14-10)7-9(1)13-5-3-12-4-6-13;3-1(4)2(5)6/h1-2,7,12H,3-6,8H2;(H,3,4)(H,5,6). The molecule has 3 N–H and O–H groups in total. The minimum atomic E-state index is -1.82. The summed E-state index contributed by atoms with van der Waals surface area (Å²) < 4.78 is 10.7. The molecule has 2 aliphatic rings. The van der Waals surface area contributed by atoms with Crippen molar-refractivity contribution in [3.8, 4) is 11.5 Å². The van der Waals surface area contributed by atoms with Gasteiger partial charge in [0.1, 0.15) is 0 Å². The van der Waals surface area contributed by atoms with Crippen molar-refractivity contribution in [3.05, 3.63) is 18.2 Å². The van der Waals surface area contributed by atoms with Gasteiger partial charge in [-0.15, -0.1) is 0 Å². The van der Waals surface area contributed by atoms with E-state index in [0.29, 0.717) is 6.79 Å². The molecule has 2 aliphatic heterocycles. The van der Waals surface area contributed by atoms with Crippen LogP contribution in [-0.2, 0) is 9.59 Å². The largest absolute Gasteiger partial charge is 0.473 e. The van der Waals surface area contributed by atoms with E-state index in [-0.39, 0.29) is 0 Å². The number of nitrogens with zero attached hydrogens (tertiary/aromatic N) is 1. The van der Waals surface area contributed by atoms with Crippen molar-refractivity contribution in [3.63, 3.8) is 0 Å². The number of ether oxygens (including phenoxy) is 2. The van der Waals surface area contributed by atoms with Crippen LogP contribution in [0.3, 0.4) is 0 Å². The lowest BCUT2D eigenvalue weighted by atomic mass is 10.2. The maximum Gasteiger partial charge on any atom is 0.414 e. The lowest BCUT2D eigenvalue weighted by Crippen LogP contribution is -2.43. The highest BCUT2D eigenvalue weighted by atomic mass is 16.7. The SMILES string of the molecule is O=C(O)C(=O)O.c1cc2c(cc1N1CCNCC1)OCO2. The number of nitrogens with one attached hydrogen (secondary N) is 1. The Kier molecular flexibility index (Phi) is 4.83. The summed E-state index contributed by atoms with van der Waals surface area (Å²) in [6.45, 7) is 4.56. The summed E-state index contributed by atoms with van der Waals surface area (Å²) in [6.07, 6.45) is 0. The average molecular weight is 296 g/mol. The monoisotopic (exact) mass is 296 g/mol. The Morgan fingerprint density at radius 2 is 1.67 bits per heavy atom. The van der Waals surface area contributed by atoms with Gasteiger partial charge in [-0.2, -0.15) is 0 Å². The van der Waals surface area contributed by atoms with Crippen molar-refractivity contribution in [2.75, 3.05) is 37.9 Å². The molecule has 1 aromatic rings. The quantitative estimate of drug-likeness (QED) is 0.621. The number of hydrogen-bond acceptors (Lipinski definition) is 6. The lowest BCUT2D eigenvalue weighted by molar-refractivity contribution is -0.159. The summed E-state index contributed by atoms with van der Waals surface area (Å²) >= 11 is 0. The predicted molar refractivity (Wildman–Crippen MR) is 72.9 cm³/mol. The van der Waals surface area contributed by atoms with Crippen LogP contribution in [0, 0.1) is 0 Å². The summed E-state index contributed by atoms with van der Waals surface area (Å²) in [5, 5.41) is 18.1. The minimum Gasteiger partial charge on any atom is -0.473 e. The molecule has 1 fully saturated rings. The second-order valence-corrected chi connectivity index (χ2v) is 4.38. The summed E-state index contributed by atoms with van der Waals surface area (Å²) in [6, 6.07) is 6.15. The highest BCUT2D eigenvalue weighted by Crippen LogP contribution is 2.35. The predicted octanol–water partition coefficient (Wildman–Crippen LogP) is -0.0195. The maximum atomic E-state index is 9.10. The number of anilines is 1. The molecule has 0 saturated carbocycles. The number of carbonyl (C=O) groups is 2. The van der Waals surface area contributed by atoms with E-state index in [1.807, 2.05) is 6.07 Å². The number of hydrogen-bond donors (Lipinski definition) is 3. The summed E-state index contributed by atoms with van der Waals surface area (Å²) in [4.78, 5) is 20.6. The van der Waals surface area contributed by atoms with Crippen LogP contribution < -0.4 is 19.7 Å². The highest BCUT2D eigenvalue weighted by molar-refractivity contribution is 6.27. The summed E-state index contributed by atoms with van der Waals surface area (Å²) in [7, 11) is 0. The van der Waals surface area contributed by atoms with E-state index >= 15 is 0 Å². The van der Waals surface area contributed by atoms with E-state index < -0.39 is 11.9 Å². The van der Waals surface area contributed by atoms with Gasteiger partial charge in [0.25, 0.3) is 0 Å². The van der Waals surface area contributed by atoms with E-state index in [4.69, 9.17) is 29.3 Å². The van der Waals surface area contributed by atoms with Crippen molar-refractivity contribution in [2.24, 2.45) is 0 Å². The molecule has 0 aliphatic carbocycles. The Balaban J connectivity index is 0.000000232. The molecule has 8 nitrogen and oxygen atoms in total. The molecule has 114 valence electrons. The summed E-state index contributed by atoms with van der Waals surface area (Å²) in [5.74, 6) is -1.93. The second-order valence-electron chi connectivity index (χ2n) is 4.38. The van der Waals surface area contributed by atoms with E-state index in [1.165, 1.54) is 5.69 Å². The fourth-order valence-corrected chi connectivity index (χ4v) is 2.00. The number of aliphatic carboxylic acids is 2. The van der Waals surface area contributed by atoms with Crippen LogP contribution in [0.2, 0.25) is 0 Å². The molecule has 0 aromatic heterocycles. The van der Waals surface area contributed by atoms with Crippen LogP contribution in [0.4, 0.5) is 5.69 Å². The molecule has 0 spiro atoms. The molecule has 3 rings (SSSR count). The van der Waals surface area contributed by atoms with E-state index in [9.17, 15) is 0 Å². The normalized spacial score (nSPS) is 15.9. The van der Waals surface area contributed by atoms with Crippen LogP contribution in [-0.4, -0.2) is 55.1 Å². The zero-order valence-corrected chi connectivity index (χ0v) is 11.2. The first-order chi connectivity index (χ1) is 10.1. The molecule has 0 amide bonds. The first-order valence-electron chi connectivity index (χ1n) is 6.39. The smallest absolute Gasteiger partial charge is 0.414 e. The van der Waals surface area contributed by atoms with Gasteiger partial charge in [-0.05, 0) is 12.1 Å². The molecule has 1 saturated heterocycles. The molecule has 0 radical (unpaired) electrons. The topological polar surface area (TPSA) is 108 Å². The third-order valence-electron chi connectivity index (χ3n) is 3.02. The lowest BCUT2D eigenvalue weighted by Gasteiger charge is -2.29. The van der Waals surface area contributed by atoms with E-state index in [2.05, 4.69) is 22.3 Å². The third kappa shape index (κ3) is 3.99. The highest BCUT2D eigenvalue weighted by Gasteiger charge is 2.16. The van der Waals surface area contributed by atoms with Crippen molar-refractivity contribution in [1.82, 2.24) is 5.32 Å². The molecule has 0 atom stereocenters. The number of benzene rings is 1. The van der Waals surface area contributed by atoms with Crippen LogP contribution in [0.5, 0.6) is 11.5 Å². The Bertz CT molecular complexity index is 515. The van der Waals surface area contributed by atoms with Crippen LogP contribution in [0.15, 0.2) is 18.2 Å². The first-order valence-corrected chi connectivity index (χ1v) is 6.39. The summed E-state index contributed by atoms with van der Waals surface area (Å²) in [5.41, 5.74) is 1.22. The average Bonchev–Trinajstić information content (AvgIpc) is 2.96. The minimum absolute atomic E-state index is 0.348.